The van der Waals surface area contributed by atoms with Gasteiger partial charge >= 0.3 is 12.4 Å². The summed E-state index contributed by atoms with van der Waals surface area (Å²) in [5.41, 5.74) is 1.80. The molecule has 1 unspecified atom stereocenters. The molecule has 0 saturated heterocycles. The topological polar surface area (TPSA) is 113 Å². The van der Waals surface area contributed by atoms with E-state index >= 15 is 0 Å². The zero-order chi connectivity index (χ0) is 20.0. The lowest BCUT2D eigenvalue weighted by atomic mass is 10.4. The van der Waals surface area contributed by atoms with Gasteiger partial charge in [-0.05, 0) is 0 Å². The molecule has 1 aliphatic heterocycles. The highest BCUT2D eigenvalue weighted by molar-refractivity contribution is 5.99. The number of hydrogen-bond acceptors (Lipinski definition) is 9. The van der Waals surface area contributed by atoms with Crippen LogP contribution in [0.1, 0.15) is 0 Å². The summed E-state index contributed by atoms with van der Waals surface area (Å²) in [7, 11) is 0. The second-order valence-corrected chi connectivity index (χ2v) is 4.88. The van der Waals surface area contributed by atoms with Crippen molar-refractivity contribution in [3.8, 4) is 0 Å². The molecule has 0 aromatic carbocycles. The lowest BCUT2D eigenvalue weighted by Crippen LogP contribution is -2.61. The Labute approximate surface area is 143 Å². The van der Waals surface area contributed by atoms with Crippen LogP contribution in [0.25, 0.3) is 0 Å². The molecule has 1 aliphatic rings. The summed E-state index contributed by atoms with van der Waals surface area (Å²) in [6.45, 7) is -6.88. The standard InChI is InChI=1S/C11H17F6N5O4/c12-10(13,14)3-18-22-8(2-24)19-7(1-23)20-9(22)21(5-26-6-25)4-11(15,16)17/h9,18,23-25H,1-6H2. The zero-order valence-corrected chi connectivity index (χ0v) is 13.1. The minimum Gasteiger partial charge on any atom is -0.388 e. The van der Waals surface area contributed by atoms with Gasteiger partial charge in [-0.25, -0.2) is 20.3 Å². The van der Waals surface area contributed by atoms with Gasteiger partial charge in [0.05, 0.1) is 0 Å². The first-order chi connectivity index (χ1) is 12.0. The van der Waals surface area contributed by atoms with Crippen LogP contribution in [0.15, 0.2) is 9.98 Å². The molecule has 0 fully saturated rings. The fraction of sp³-hybridized carbons (Fsp3) is 0.818. The van der Waals surface area contributed by atoms with Crippen LogP contribution in [0.4, 0.5) is 26.3 Å². The number of aliphatic hydroxyl groups is 3. The highest BCUT2D eigenvalue weighted by Gasteiger charge is 2.40. The number of hydrazine groups is 1. The van der Waals surface area contributed by atoms with E-state index in [0.717, 1.165) is 0 Å². The molecule has 0 bridgehead atoms. The van der Waals surface area contributed by atoms with Gasteiger partial charge in [-0.2, -0.15) is 26.3 Å². The number of aliphatic imine (C=N–C) groups is 2. The van der Waals surface area contributed by atoms with Crippen LogP contribution in [0.3, 0.4) is 0 Å². The van der Waals surface area contributed by atoms with Crippen LogP contribution in [0, 0.1) is 0 Å². The fourth-order valence-corrected chi connectivity index (χ4v) is 1.92. The molecular weight excluding hydrogens is 380 g/mol. The van der Waals surface area contributed by atoms with E-state index in [1.807, 2.05) is 0 Å². The van der Waals surface area contributed by atoms with Gasteiger partial charge in [0, 0.05) is 0 Å². The maximum Gasteiger partial charge on any atom is 0.402 e. The van der Waals surface area contributed by atoms with Crippen molar-refractivity contribution in [3.05, 3.63) is 0 Å². The lowest BCUT2D eigenvalue weighted by Gasteiger charge is -2.40. The third kappa shape index (κ3) is 7.38. The van der Waals surface area contributed by atoms with Crippen LogP contribution in [0.5, 0.6) is 0 Å². The summed E-state index contributed by atoms with van der Waals surface area (Å²) < 4.78 is 80.3. The van der Waals surface area contributed by atoms with E-state index in [1.54, 1.807) is 5.43 Å². The molecular formula is C11H17F6N5O4. The maximum atomic E-state index is 12.8. The number of ether oxygens (including phenoxy) is 1. The minimum atomic E-state index is -4.78. The van der Waals surface area contributed by atoms with Crippen LogP contribution < -0.4 is 5.43 Å². The number of nitrogens with one attached hydrogen (secondary N) is 1. The molecule has 1 rings (SSSR count). The predicted octanol–water partition coefficient (Wildman–Crippen LogP) is -0.778. The Hall–Kier alpha value is -1.52. The minimum absolute atomic E-state index is 0.403. The summed E-state index contributed by atoms with van der Waals surface area (Å²) in [6.07, 6.45) is -11.3. The van der Waals surface area contributed by atoms with E-state index in [9.17, 15) is 31.4 Å². The molecule has 0 aliphatic carbocycles. The van der Waals surface area contributed by atoms with Crippen LogP contribution in [-0.2, 0) is 4.74 Å². The van der Waals surface area contributed by atoms with E-state index in [4.69, 9.17) is 10.2 Å². The molecule has 1 heterocycles. The second-order valence-electron chi connectivity index (χ2n) is 4.88. The Morgan fingerprint density at radius 2 is 1.73 bits per heavy atom. The molecule has 4 N–H and O–H groups in total. The first-order valence-electron chi connectivity index (χ1n) is 6.95. The molecule has 0 amide bonds. The number of amidine groups is 2. The average molecular weight is 397 g/mol. The van der Waals surface area contributed by atoms with Crippen molar-refractivity contribution >= 4 is 11.7 Å². The van der Waals surface area contributed by atoms with Crippen molar-refractivity contribution < 1.29 is 46.4 Å². The van der Waals surface area contributed by atoms with E-state index in [0.29, 0.717) is 9.91 Å². The molecule has 26 heavy (non-hydrogen) atoms. The van der Waals surface area contributed by atoms with Crippen LogP contribution >= 0.6 is 0 Å². The van der Waals surface area contributed by atoms with E-state index < -0.39 is 70.1 Å². The van der Waals surface area contributed by atoms with Gasteiger partial charge in [-0.1, -0.05) is 0 Å². The maximum absolute atomic E-state index is 12.8. The van der Waals surface area contributed by atoms with Crippen molar-refractivity contribution in [1.29, 1.82) is 0 Å². The third-order valence-electron chi connectivity index (χ3n) is 2.82. The lowest BCUT2D eigenvalue weighted by molar-refractivity contribution is -0.183. The quantitative estimate of drug-likeness (QED) is 0.298. The summed E-state index contributed by atoms with van der Waals surface area (Å²) in [6, 6.07) is 0. The Morgan fingerprint density at radius 3 is 2.19 bits per heavy atom. The SMILES string of the molecule is OCOCN(CC(F)(F)F)C1N=C(CO)N=C(CO)N1NCC(F)(F)F. The highest BCUT2D eigenvalue weighted by Crippen LogP contribution is 2.22. The van der Waals surface area contributed by atoms with E-state index in [-0.39, 0.29) is 0 Å². The summed E-state index contributed by atoms with van der Waals surface area (Å²) in [5.74, 6) is -0.894. The smallest absolute Gasteiger partial charge is 0.388 e. The largest absolute Gasteiger partial charge is 0.402 e. The zero-order valence-electron chi connectivity index (χ0n) is 13.1. The number of alkyl halides is 6. The molecule has 0 radical (unpaired) electrons. The fourth-order valence-electron chi connectivity index (χ4n) is 1.92. The van der Waals surface area contributed by atoms with Crippen molar-refractivity contribution in [2.75, 3.05) is 39.8 Å². The number of halogens is 6. The monoisotopic (exact) mass is 397 g/mol. The van der Waals surface area contributed by atoms with Crippen LogP contribution in [0.2, 0.25) is 0 Å². The summed E-state index contributed by atoms with van der Waals surface area (Å²) >= 11 is 0. The van der Waals surface area contributed by atoms with Gasteiger partial charge < -0.3 is 20.1 Å². The van der Waals surface area contributed by atoms with Crippen LogP contribution in [-0.4, -0.2) is 95.4 Å². The van der Waals surface area contributed by atoms with Crippen molar-refractivity contribution in [2.45, 2.75) is 18.6 Å². The Kier molecular flexibility index (Phi) is 8.16. The number of hydrogen-bond donors (Lipinski definition) is 4. The first kappa shape index (κ1) is 22.5. The number of aliphatic hydroxyl groups excluding tert-OH is 3. The number of nitrogens with zero attached hydrogens (tertiary/aromatic N) is 4. The average Bonchev–Trinajstić information content (AvgIpc) is 2.54. The molecule has 1 atom stereocenters. The predicted molar refractivity (Wildman–Crippen MR) is 74.5 cm³/mol. The van der Waals surface area contributed by atoms with Gasteiger partial charge in [0.1, 0.15) is 45.7 Å². The second kappa shape index (κ2) is 9.43. The van der Waals surface area contributed by atoms with Crippen molar-refractivity contribution in [1.82, 2.24) is 15.3 Å². The molecule has 15 heteroatoms. The third-order valence-corrected chi connectivity index (χ3v) is 2.82. The molecule has 0 spiro atoms. The Bertz CT molecular complexity index is 512. The molecule has 152 valence electrons. The summed E-state index contributed by atoms with van der Waals surface area (Å²) in [5, 5.41) is 27.5. The normalized spacial score (nSPS) is 19.0. The highest BCUT2D eigenvalue weighted by atomic mass is 19.4. The Balaban J connectivity index is 3.17. The number of rotatable bonds is 9. The molecule has 0 aromatic rings. The van der Waals surface area contributed by atoms with Gasteiger partial charge in [-0.15, -0.1) is 0 Å². The van der Waals surface area contributed by atoms with Gasteiger partial charge in [-0.3, -0.25) is 5.01 Å². The van der Waals surface area contributed by atoms with Gasteiger partial charge in [0.2, 0.25) is 0 Å². The van der Waals surface area contributed by atoms with Crippen molar-refractivity contribution in [2.24, 2.45) is 9.98 Å². The van der Waals surface area contributed by atoms with E-state index in [1.165, 1.54) is 0 Å². The van der Waals surface area contributed by atoms with Gasteiger partial charge in [0.15, 0.2) is 12.1 Å². The van der Waals surface area contributed by atoms with E-state index in [2.05, 4.69) is 14.7 Å². The molecule has 9 nitrogen and oxygen atoms in total. The Morgan fingerprint density at radius 1 is 1.08 bits per heavy atom. The summed E-state index contributed by atoms with van der Waals surface area (Å²) in [4.78, 5) is 7.65. The molecule has 0 aromatic heterocycles. The van der Waals surface area contributed by atoms with Gasteiger partial charge in [0.25, 0.3) is 0 Å². The first-order valence-corrected chi connectivity index (χ1v) is 6.95. The van der Waals surface area contributed by atoms with Crippen molar-refractivity contribution in [3.63, 3.8) is 0 Å². The molecule has 0 saturated carbocycles.